The number of rotatable bonds is 3. The highest BCUT2D eigenvalue weighted by molar-refractivity contribution is 9.10. The highest BCUT2D eigenvalue weighted by Gasteiger charge is 2.15. The van der Waals surface area contributed by atoms with Gasteiger partial charge in [0, 0.05) is 17.9 Å². The predicted octanol–water partition coefficient (Wildman–Crippen LogP) is 2.98. The molecule has 0 bridgehead atoms. The fraction of sp³-hybridized carbons (Fsp3) is 0.231. The van der Waals surface area contributed by atoms with Crippen LogP contribution in [0.25, 0.3) is 0 Å². The summed E-state index contributed by atoms with van der Waals surface area (Å²) in [6.45, 7) is 3.92. The highest BCUT2D eigenvalue weighted by Crippen LogP contribution is 2.16. The quantitative estimate of drug-likeness (QED) is 0.948. The van der Waals surface area contributed by atoms with Gasteiger partial charge in [-0.1, -0.05) is 34.1 Å². The van der Waals surface area contributed by atoms with Crippen LogP contribution in [0.1, 0.15) is 27.7 Å². The molecule has 4 nitrogen and oxygen atoms in total. The van der Waals surface area contributed by atoms with Gasteiger partial charge in [-0.3, -0.25) is 4.79 Å². The fourth-order valence-corrected chi connectivity index (χ4v) is 2.06. The molecule has 1 aromatic heterocycles. The summed E-state index contributed by atoms with van der Waals surface area (Å²) in [4.78, 5) is 16.0. The third-order valence-corrected chi connectivity index (χ3v) is 3.28. The lowest BCUT2D eigenvalue weighted by Gasteiger charge is -2.05. The van der Waals surface area contributed by atoms with Crippen molar-refractivity contribution in [1.82, 2.24) is 10.3 Å². The van der Waals surface area contributed by atoms with Crippen molar-refractivity contribution in [2.75, 3.05) is 0 Å². The summed E-state index contributed by atoms with van der Waals surface area (Å²) in [7, 11) is 0. The van der Waals surface area contributed by atoms with Crippen LogP contribution in [0.4, 0.5) is 0 Å². The summed E-state index contributed by atoms with van der Waals surface area (Å²) in [5.74, 6) is 0.530. The number of nitrogens with one attached hydrogen (secondary N) is 1. The van der Waals surface area contributed by atoms with Crippen LogP contribution < -0.4 is 5.32 Å². The van der Waals surface area contributed by atoms with Crippen molar-refractivity contribution in [3.8, 4) is 0 Å². The van der Waals surface area contributed by atoms with Crippen molar-refractivity contribution >= 4 is 21.8 Å². The van der Waals surface area contributed by atoms with E-state index in [2.05, 4.69) is 26.2 Å². The molecule has 0 aliphatic heterocycles. The van der Waals surface area contributed by atoms with E-state index in [1.807, 2.05) is 24.3 Å². The number of halogens is 1. The van der Waals surface area contributed by atoms with Crippen molar-refractivity contribution in [3.63, 3.8) is 0 Å². The van der Waals surface area contributed by atoms with Gasteiger partial charge < -0.3 is 9.73 Å². The lowest BCUT2D eigenvalue weighted by Crippen LogP contribution is -2.23. The van der Waals surface area contributed by atoms with Gasteiger partial charge in [-0.25, -0.2) is 4.98 Å². The smallest absolute Gasteiger partial charge is 0.289 e. The normalized spacial score (nSPS) is 10.4. The molecule has 0 atom stereocenters. The number of carbonyl (C=O) groups is 1. The summed E-state index contributed by atoms with van der Waals surface area (Å²) in [6, 6.07) is 7.74. The first-order valence-electron chi connectivity index (χ1n) is 5.53. The maximum absolute atomic E-state index is 11.9. The van der Waals surface area contributed by atoms with Crippen LogP contribution >= 0.6 is 15.9 Å². The molecule has 1 amide bonds. The Balaban J connectivity index is 2.05. The second-order valence-corrected chi connectivity index (χ2v) is 4.78. The first-order chi connectivity index (χ1) is 8.58. The molecule has 2 rings (SSSR count). The molecular weight excluding hydrogens is 296 g/mol. The standard InChI is InChI=1S/C13H13BrN2O2/c1-8-12(18-9(2)16-8)13(17)15-7-10-5-3-4-6-11(10)14/h3-6H,7H2,1-2H3,(H,15,17). The minimum atomic E-state index is -0.246. The van der Waals surface area contributed by atoms with Crippen LogP contribution in [0.2, 0.25) is 0 Å². The first-order valence-corrected chi connectivity index (χ1v) is 6.33. The average Bonchev–Trinajstić information content (AvgIpc) is 2.67. The average molecular weight is 309 g/mol. The third-order valence-electron chi connectivity index (χ3n) is 2.51. The predicted molar refractivity (Wildman–Crippen MR) is 71.3 cm³/mol. The molecule has 2 aromatic rings. The zero-order valence-corrected chi connectivity index (χ0v) is 11.7. The van der Waals surface area contributed by atoms with Crippen molar-refractivity contribution < 1.29 is 9.21 Å². The molecule has 5 heteroatoms. The van der Waals surface area contributed by atoms with Crippen LogP contribution in [0.5, 0.6) is 0 Å². The molecule has 0 saturated carbocycles. The molecule has 0 aliphatic carbocycles. The largest absolute Gasteiger partial charge is 0.436 e. The van der Waals surface area contributed by atoms with E-state index in [-0.39, 0.29) is 11.7 Å². The van der Waals surface area contributed by atoms with Crippen molar-refractivity contribution in [1.29, 1.82) is 0 Å². The van der Waals surface area contributed by atoms with Gasteiger partial charge >= 0.3 is 0 Å². The second kappa shape index (κ2) is 5.35. The minimum Gasteiger partial charge on any atom is -0.436 e. The number of oxazole rings is 1. The van der Waals surface area contributed by atoms with Crippen LogP contribution in [0, 0.1) is 13.8 Å². The number of aromatic nitrogens is 1. The Morgan fingerprint density at radius 3 is 2.72 bits per heavy atom. The molecule has 1 N–H and O–H groups in total. The van der Waals surface area contributed by atoms with Gasteiger partial charge in [0.2, 0.25) is 5.76 Å². The molecule has 0 spiro atoms. The van der Waals surface area contributed by atoms with Crippen molar-refractivity contribution in [3.05, 3.63) is 51.6 Å². The van der Waals surface area contributed by atoms with Crippen LogP contribution in [-0.4, -0.2) is 10.9 Å². The Hall–Kier alpha value is -1.62. The zero-order chi connectivity index (χ0) is 13.1. The highest BCUT2D eigenvalue weighted by atomic mass is 79.9. The van der Waals surface area contributed by atoms with E-state index in [1.165, 1.54) is 0 Å². The second-order valence-electron chi connectivity index (χ2n) is 3.92. The molecule has 0 fully saturated rings. The van der Waals surface area contributed by atoms with Gasteiger partial charge in [-0.05, 0) is 18.6 Å². The van der Waals surface area contributed by atoms with Crippen LogP contribution in [0.3, 0.4) is 0 Å². The minimum absolute atomic E-state index is 0.246. The molecule has 0 saturated heterocycles. The molecule has 0 aliphatic rings. The first kappa shape index (κ1) is 12.8. The Morgan fingerprint density at radius 1 is 1.39 bits per heavy atom. The van der Waals surface area contributed by atoms with E-state index in [0.29, 0.717) is 18.1 Å². The van der Waals surface area contributed by atoms with Gasteiger partial charge in [0.25, 0.3) is 5.91 Å². The number of nitrogens with zero attached hydrogens (tertiary/aromatic N) is 1. The molecule has 94 valence electrons. The van der Waals surface area contributed by atoms with E-state index in [0.717, 1.165) is 10.0 Å². The monoisotopic (exact) mass is 308 g/mol. The third kappa shape index (κ3) is 2.79. The Labute approximate surface area is 114 Å². The molecular formula is C13H13BrN2O2. The van der Waals surface area contributed by atoms with E-state index in [4.69, 9.17) is 4.42 Å². The lowest BCUT2D eigenvalue weighted by atomic mass is 10.2. The van der Waals surface area contributed by atoms with Gasteiger partial charge in [0.05, 0.1) is 5.69 Å². The molecule has 1 aromatic carbocycles. The summed E-state index contributed by atoms with van der Waals surface area (Å²) in [5, 5.41) is 2.81. The summed E-state index contributed by atoms with van der Waals surface area (Å²) >= 11 is 3.43. The van der Waals surface area contributed by atoms with Crippen LogP contribution in [-0.2, 0) is 6.54 Å². The van der Waals surface area contributed by atoms with E-state index < -0.39 is 0 Å². The molecule has 0 unspecified atom stereocenters. The molecule has 1 heterocycles. The van der Waals surface area contributed by atoms with Gasteiger partial charge in [-0.2, -0.15) is 0 Å². The van der Waals surface area contributed by atoms with Crippen LogP contribution in [0.15, 0.2) is 33.2 Å². The number of aryl methyl sites for hydroxylation is 2. The summed E-state index contributed by atoms with van der Waals surface area (Å²) in [6.07, 6.45) is 0. The molecule has 0 radical (unpaired) electrons. The van der Waals surface area contributed by atoms with Gasteiger partial charge in [0.1, 0.15) is 0 Å². The summed E-state index contributed by atoms with van der Waals surface area (Å²) < 4.78 is 6.23. The Morgan fingerprint density at radius 2 is 2.11 bits per heavy atom. The number of hydrogen-bond donors (Lipinski definition) is 1. The van der Waals surface area contributed by atoms with E-state index in [1.54, 1.807) is 13.8 Å². The number of carbonyl (C=O) groups excluding carboxylic acids is 1. The SMILES string of the molecule is Cc1nc(C)c(C(=O)NCc2ccccc2Br)o1. The maximum atomic E-state index is 11.9. The fourth-order valence-electron chi connectivity index (χ4n) is 1.64. The van der Waals surface area contributed by atoms with E-state index in [9.17, 15) is 4.79 Å². The van der Waals surface area contributed by atoms with Crippen molar-refractivity contribution in [2.24, 2.45) is 0 Å². The number of benzene rings is 1. The van der Waals surface area contributed by atoms with Gasteiger partial charge in [-0.15, -0.1) is 0 Å². The topological polar surface area (TPSA) is 55.1 Å². The number of hydrogen-bond acceptors (Lipinski definition) is 3. The van der Waals surface area contributed by atoms with Crippen molar-refractivity contribution in [2.45, 2.75) is 20.4 Å². The maximum Gasteiger partial charge on any atom is 0.289 e. The van der Waals surface area contributed by atoms with Gasteiger partial charge in [0.15, 0.2) is 5.89 Å². The zero-order valence-electron chi connectivity index (χ0n) is 10.2. The number of amides is 1. The lowest BCUT2D eigenvalue weighted by molar-refractivity contribution is 0.0921. The Bertz CT molecular complexity index is 578. The Kier molecular flexibility index (Phi) is 3.81. The molecule has 18 heavy (non-hydrogen) atoms. The summed E-state index contributed by atoms with van der Waals surface area (Å²) in [5.41, 5.74) is 1.62. The van der Waals surface area contributed by atoms with E-state index >= 15 is 0 Å².